The number of benzene rings is 1. The van der Waals surface area contributed by atoms with Gasteiger partial charge in [-0.1, -0.05) is 24.3 Å². The van der Waals surface area contributed by atoms with Gasteiger partial charge in [0.15, 0.2) is 6.10 Å². The Labute approximate surface area is 101 Å². The fourth-order valence-corrected chi connectivity index (χ4v) is 2.74. The summed E-state index contributed by atoms with van der Waals surface area (Å²) in [6.07, 6.45) is 2.42. The van der Waals surface area contributed by atoms with Crippen molar-refractivity contribution < 1.29 is 14.3 Å². The van der Waals surface area contributed by atoms with Crippen molar-refractivity contribution in [3.63, 3.8) is 0 Å². The number of fused-ring (bicyclic) bond motifs is 1. The number of esters is 1. The summed E-state index contributed by atoms with van der Waals surface area (Å²) in [5.74, 6) is -0.202. The molecule has 0 N–H and O–H groups in total. The molecule has 0 bridgehead atoms. The maximum absolute atomic E-state index is 11.6. The summed E-state index contributed by atoms with van der Waals surface area (Å²) >= 11 is 0. The second-order valence-corrected chi connectivity index (χ2v) is 4.76. The Bertz CT molecular complexity index is 455. The molecule has 1 aromatic carbocycles. The van der Waals surface area contributed by atoms with Gasteiger partial charge >= 0.3 is 5.97 Å². The minimum absolute atomic E-state index is 0.202. The summed E-state index contributed by atoms with van der Waals surface area (Å²) in [6.45, 7) is 2.24. The molecule has 1 heterocycles. The molecule has 2 aliphatic rings. The summed E-state index contributed by atoms with van der Waals surface area (Å²) in [5.41, 5.74) is 2.43. The Kier molecular flexibility index (Phi) is 2.44. The van der Waals surface area contributed by atoms with E-state index in [9.17, 15) is 4.79 Å². The van der Waals surface area contributed by atoms with Crippen molar-refractivity contribution in [1.82, 2.24) is 0 Å². The van der Waals surface area contributed by atoms with E-state index < -0.39 is 0 Å². The fraction of sp³-hybridized carbons (Fsp3) is 0.500. The van der Waals surface area contributed by atoms with Gasteiger partial charge < -0.3 is 9.47 Å². The van der Waals surface area contributed by atoms with Crippen molar-refractivity contribution in [2.45, 2.75) is 37.9 Å². The van der Waals surface area contributed by atoms with Gasteiger partial charge in [-0.25, -0.2) is 4.79 Å². The van der Waals surface area contributed by atoms with Crippen LogP contribution in [0, 0.1) is 0 Å². The van der Waals surface area contributed by atoms with Gasteiger partial charge in [-0.2, -0.15) is 0 Å². The Morgan fingerprint density at radius 1 is 1.47 bits per heavy atom. The molecule has 3 rings (SSSR count). The van der Waals surface area contributed by atoms with Crippen molar-refractivity contribution >= 4 is 5.97 Å². The Morgan fingerprint density at radius 2 is 2.24 bits per heavy atom. The van der Waals surface area contributed by atoms with E-state index in [-0.39, 0.29) is 17.7 Å². The summed E-state index contributed by atoms with van der Waals surface area (Å²) in [7, 11) is 0. The zero-order chi connectivity index (χ0) is 11.9. The van der Waals surface area contributed by atoms with E-state index in [4.69, 9.17) is 9.47 Å². The van der Waals surface area contributed by atoms with E-state index in [1.165, 1.54) is 11.1 Å². The summed E-state index contributed by atoms with van der Waals surface area (Å²) in [6, 6.07) is 8.39. The number of hydrogen-bond acceptors (Lipinski definition) is 3. The molecule has 17 heavy (non-hydrogen) atoms. The monoisotopic (exact) mass is 232 g/mol. The minimum Gasteiger partial charge on any atom is -0.464 e. The predicted molar refractivity (Wildman–Crippen MR) is 62.7 cm³/mol. The molecule has 2 atom stereocenters. The Hall–Kier alpha value is -1.35. The van der Waals surface area contributed by atoms with Gasteiger partial charge in [-0.05, 0) is 30.9 Å². The Morgan fingerprint density at radius 3 is 3.00 bits per heavy atom. The van der Waals surface area contributed by atoms with Crippen LogP contribution in [0.2, 0.25) is 0 Å². The van der Waals surface area contributed by atoms with Crippen LogP contribution in [0.1, 0.15) is 24.5 Å². The molecule has 0 radical (unpaired) electrons. The molecular formula is C14H16O3. The zero-order valence-electron chi connectivity index (χ0n) is 9.94. The molecule has 1 saturated heterocycles. The van der Waals surface area contributed by atoms with Gasteiger partial charge in [-0.3, -0.25) is 0 Å². The van der Waals surface area contributed by atoms with E-state index >= 15 is 0 Å². The van der Waals surface area contributed by atoms with Crippen molar-refractivity contribution in [1.29, 1.82) is 0 Å². The van der Waals surface area contributed by atoms with Crippen LogP contribution >= 0.6 is 0 Å². The molecule has 2 unspecified atom stereocenters. The average molecular weight is 232 g/mol. The molecule has 1 aromatic rings. The van der Waals surface area contributed by atoms with Gasteiger partial charge in [0.2, 0.25) is 0 Å². The van der Waals surface area contributed by atoms with Crippen molar-refractivity contribution in [3.05, 3.63) is 35.4 Å². The first-order chi connectivity index (χ1) is 8.25. The van der Waals surface area contributed by atoms with Crippen LogP contribution in [0.4, 0.5) is 0 Å². The number of hydrogen-bond donors (Lipinski definition) is 0. The summed E-state index contributed by atoms with van der Waals surface area (Å²) in [4.78, 5) is 11.6. The normalized spacial score (nSPS) is 29.8. The van der Waals surface area contributed by atoms with Crippen LogP contribution in [0.15, 0.2) is 24.3 Å². The summed E-state index contributed by atoms with van der Waals surface area (Å²) < 4.78 is 10.7. The molecule has 0 aromatic heterocycles. The summed E-state index contributed by atoms with van der Waals surface area (Å²) in [5, 5.41) is 0. The van der Waals surface area contributed by atoms with Crippen LogP contribution in [0.25, 0.3) is 0 Å². The van der Waals surface area contributed by atoms with Crippen LogP contribution in [0.5, 0.6) is 0 Å². The van der Waals surface area contributed by atoms with Crippen LogP contribution in [-0.4, -0.2) is 24.3 Å². The van der Waals surface area contributed by atoms with Crippen LogP contribution in [0.3, 0.4) is 0 Å². The van der Waals surface area contributed by atoms with E-state index in [2.05, 4.69) is 18.2 Å². The number of epoxide rings is 1. The van der Waals surface area contributed by atoms with Gasteiger partial charge in [0.05, 0.1) is 6.61 Å². The molecule has 3 heteroatoms. The number of rotatable bonds is 2. The highest BCUT2D eigenvalue weighted by atomic mass is 16.7. The molecule has 0 saturated carbocycles. The zero-order valence-corrected chi connectivity index (χ0v) is 9.94. The predicted octanol–water partition coefficient (Wildman–Crippen LogP) is 1.88. The maximum Gasteiger partial charge on any atom is 0.338 e. The lowest BCUT2D eigenvalue weighted by Crippen LogP contribution is -2.29. The second-order valence-electron chi connectivity index (χ2n) is 4.76. The van der Waals surface area contributed by atoms with Crippen LogP contribution < -0.4 is 0 Å². The minimum atomic E-state index is -0.337. The van der Waals surface area contributed by atoms with E-state index in [1.54, 1.807) is 0 Å². The van der Waals surface area contributed by atoms with E-state index in [0.29, 0.717) is 6.61 Å². The number of carbonyl (C=O) groups is 1. The van der Waals surface area contributed by atoms with Gasteiger partial charge in [0, 0.05) is 6.42 Å². The second kappa shape index (κ2) is 3.84. The maximum atomic E-state index is 11.6. The lowest BCUT2D eigenvalue weighted by Gasteiger charge is -2.21. The lowest BCUT2D eigenvalue weighted by molar-refractivity contribution is -0.144. The largest absolute Gasteiger partial charge is 0.464 e. The fourth-order valence-electron chi connectivity index (χ4n) is 2.74. The standard InChI is InChI=1S/C14H16O3/c1-2-16-13(15)12-14(17-12)8-7-10-5-3-4-6-11(10)9-14/h3-6,12H,2,7-9H2,1H3. The van der Waals surface area contributed by atoms with Crippen LogP contribution in [-0.2, 0) is 27.1 Å². The van der Waals surface area contributed by atoms with Crippen molar-refractivity contribution in [2.24, 2.45) is 0 Å². The molecule has 1 aliphatic carbocycles. The number of carbonyl (C=O) groups excluding carboxylic acids is 1. The van der Waals surface area contributed by atoms with E-state index in [0.717, 1.165) is 19.3 Å². The van der Waals surface area contributed by atoms with Gasteiger partial charge in [-0.15, -0.1) is 0 Å². The lowest BCUT2D eigenvalue weighted by atomic mass is 9.82. The third kappa shape index (κ3) is 1.75. The van der Waals surface area contributed by atoms with Crippen molar-refractivity contribution in [2.75, 3.05) is 6.61 Å². The molecule has 1 spiro atoms. The highest BCUT2D eigenvalue weighted by molar-refractivity contribution is 5.79. The average Bonchev–Trinajstić information content (AvgIpc) is 3.03. The topological polar surface area (TPSA) is 38.8 Å². The smallest absolute Gasteiger partial charge is 0.338 e. The first kappa shape index (κ1) is 10.8. The van der Waals surface area contributed by atoms with Gasteiger partial charge in [0.1, 0.15) is 5.60 Å². The van der Waals surface area contributed by atoms with E-state index in [1.807, 2.05) is 13.0 Å². The van der Waals surface area contributed by atoms with Gasteiger partial charge in [0.25, 0.3) is 0 Å². The third-order valence-electron chi connectivity index (χ3n) is 3.70. The first-order valence-corrected chi connectivity index (χ1v) is 6.16. The molecular weight excluding hydrogens is 216 g/mol. The Balaban J connectivity index is 1.75. The molecule has 3 nitrogen and oxygen atoms in total. The quantitative estimate of drug-likeness (QED) is 0.577. The molecule has 0 amide bonds. The van der Waals surface area contributed by atoms with Crippen molar-refractivity contribution in [3.8, 4) is 0 Å². The number of ether oxygens (including phenoxy) is 2. The highest BCUT2D eigenvalue weighted by Crippen LogP contribution is 2.47. The SMILES string of the molecule is CCOC(=O)C1OC12CCc1ccccc1C2. The number of aryl methyl sites for hydroxylation is 1. The first-order valence-electron chi connectivity index (χ1n) is 6.16. The highest BCUT2D eigenvalue weighted by Gasteiger charge is 2.62. The molecule has 1 fully saturated rings. The third-order valence-corrected chi connectivity index (χ3v) is 3.70. The molecule has 1 aliphatic heterocycles. The molecule has 90 valence electrons.